The molecule has 0 saturated carbocycles. The minimum absolute atomic E-state index is 0.975. The lowest BCUT2D eigenvalue weighted by Gasteiger charge is -1.77. The fraction of sp³-hybridized carbons (Fsp3) is 0.333. The number of hydrogen-bond donors (Lipinski definition) is 0. The summed E-state index contributed by atoms with van der Waals surface area (Å²) in [5.74, 6) is 0. The standard InChI is InChI=1S/C6H7N/c1-3-5-4-6(5)7-2/h2-3H2,1H3. The van der Waals surface area contributed by atoms with Gasteiger partial charge in [0.25, 0.3) is 0 Å². The molecule has 0 unspecified atom stereocenters. The van der Waals surface area contributed by atoms with Crippen LogP contribution in [0.25, 0.3) is 0 Å². The van der Waals surface area contributed by atoms with Crippen LogP contribution in [0.1, 0.15) is 13.3 Å². The SMILES string of the molecule is C=NC1=C=C1CC. The van der Waals surface area contributed by atoms with E-state index in [1.165, 1.54) is 5.57 Å². The van der Waals surface area contributed by atoms with E-state index in [1.807, 2.05) is 0 Å². The van der Waals surface area contributed by atoms with E-state index in [0.29, 0.717) is 0 Å². The van der Waals surface area contributed by atoms with E-state index in [9.17, 15) is 0 Å². The Bertz CT molecular complexity index is 159. The first kappa shape index (κ1) is 4.35. The van der Waals surface area contributed by atoms with Gasteiger partial charge >= 0.3 is 0 Å². The zero-order chi connectivity index (χ0) is 5.28. The summed E-state index contributed by atoms with van der Waals surface area (Å²) in [6.45, 7) is 5.43. The van der Waals surface area contributed by atoms with E-state index >= 15 is 0 Å². The van der Waals surface area contributed by atoms with Gasteiger partial charge in [-0.3, -0.25) is 4.99 Å². The highest BCUT2D eigenvalue weighted by atomic mass is 14.7. The molecule has 36 valence electrons. The van der Waals surface area contributed by atoms with Gasteiger partial charge in [0.2, 0.25) is 0 Å². The average Bonchev–Trinajstić information content (AvgIpc) is 2.43. The zero-order valence-corrected chi connectivity index (χ0v) is 4.36. The van der Waals surface area contributed by atoms with Crippen molar-refractivity contribution >= 4 is 6.72 Å². The lowest BCUT2D eigenvalue weighted by Crippen LogP contribution is -1.62. The van der Waals surface area contributed by atoms with E-state index in [1.54, 1.807) is 0 Å². The van der Waals surface area contributed by atoms with Gasteiger partial charge in [-0.1, -0.05) is 12.7 Å². The Hall–Kier alpha value is -0.810. The van der Waals surface area contributed by atoms with E-state index < -0.39 is 0 Å². The molecule has 1 aliphatic rings. The number of rotatable bonds is 2. The minimum atomic E-state index is 0.975. The van der Waals surface area contributed by atoms with Crippen LogP contribution in [-0.2, 0) is 0 Å². The second-order valence-electron chi connectivity index (χ2n) is 1.46. The Morgan fingerprint density at radius 1 is 1.86 bits per heavy atom. The summed E-state index contributed by atoms with van der Waals surface area (Å²) in [5, 5.41) is 0. The van der Waals surface area contributed by atoms with Crippen molar-refractivity contribution in [1.29, 1.82) is 0 Å². The Kier molecular flexibility index (Phi) is 0.844. The topological polar surface area (TPSA) is 12.4 Å². The molecule has 0 bridgehead atoms. The molecule has 0 aliphatic heterocycles. The highest BCUT2D eigenvalue weighted by Crippen LogP contribution is 2.23. The van der Waals surface area contributed by atoms with Crippen LogP contribution in [0.4, 0.5) is 0 Å². The van der Waals surface area contributed by atoms with E-state index in [2.05, 4.69) is 24.4 Å². The molecule has 0 saturated heterocycles. The molecule has 0 atom stereocenters. The summed E-state index contributed by atoms with van der Waals surface area (Å²) in [4.78, 5) is 3.67. The fourth-order valence-electron chi connectivity index (χ4n) is 0.502. The quantitative estimate of drug-likeness (QED) is 0.362. The third-order valence-electron chi connectivity index (χ3n) is 1.00. The molecule has 0 aromatic rings. The Labute approximate surface area is 43.1 Å². The van der Waals surface area contributed by atoms with Gasteiger partial charge in [0.15, 0.2) is 0 Å². The molecule has 0 heterocycles. The summed E-state index contributed by atoms with van der Waals surface area (Å²) in [7, 11) is 0. The average molecular weight is 93.1 g/mol. The molecular formula is C6H7N. The fourth-order valence-corrected chi connectivity index (χ4v) is 0.502. The molecule has 1 rings (SSSR count). The molecule has 0 aromatic heterocycles. The van der Waals surface area contributed by atoms with Crippen molar-refractivity contribution in [3.8, 4) is 0 Å². The number of hydrogen-bond acceptors (Lipinski definition) is 1. The van der Waals surface area contributed by atoms with Crippen LogP contribution in [0.3, 0.4) is 0 Å². The van der Waals surface area contributed by atoms with Crippen molar-refractivity contribution in [2.45, 2.75) is 13.3 Å². The summed E-state index contributed by atoms with van der Waals surface area (Å²) >= 11 is 0. The number of aliphatic imine (C=N–C) groups is 1. The first-order valence-corrected chi connectivity index (χ1v) is 2.35. The third kappa shape index (κ3) is 0.625. The maximum absolute atomic E-state index is 3.67. The first-order chi connectivity index (χ1) is 3.38. The Balaban J connectivity index is 2.37. The van der Waals surface area contributed by atoms with Gasteiger partial charge in [0.05, 0.1) is 0 Å². The lowest BCUT2D eigenvalue weighted by molar-refractivity contribution is 1.16. The van der Waals surface area contributed by atoms with Crippen LogP contribution in [0.5, 0.6) is 0 Å². The van der Waals surface area contributed by atoms with Crippen LogP contribution in [0, 0.1) is 0 Å². The van der Waals surface area contributed by atoms with Crippen LogP contribution in [-0.4, -0.2) is 6.72 Å². The number of nitrogens with zero attached hydrogens (tertiary/aromatic N) is 1. The van der Waals surface area contributed by atoms with E-state index in [0.717, 1.165) is 12.1 Å². The highest BCUT2D eigenvalue weighted by molar-refractivity contribution is 5.47. The van der Waals surface area contributed by atoms with E-state index in [-0.39, 0.29) is 0 Å². The Morgan fingerprint density at radius 3 is 2.71 bits per heavy atom. The maximum atomic E-state index is 3.67. The van der Waals surface area contributed by atoms with Gasteiger partial charge in [0.1, 0.15) is 5.70 Å². The van der Waals surface area contributed by atoms with Gasteiger partial charge in [-0.2, -0.15) is 0 Å². The van der Waals surface area contributed by atoms with Crippen molar-refractivity contribution in [2.24, 2.45) is 4.99 Å². The summed E-state index contributed by atoms with van der Waals surface area (Å²) in [6.07, 6.45) is 1.05. The zero-order valence-electron chi connectivity index (χ0n) is 4.36. The van der Waals surface area contributed by atoms with Crippen molar-refractivity contribution in [3.05, 3.63) is 17.0 Å². The molecule has 0 fully saturated rings. The van der Waals surface area contributed by atoms with Gasteiger partial charge in [0, 0.05) is 5.57 Å². The smallest absolute Gasteiger partial charge is 0.116 e. The third-order valence-corrected chi connectivity index (χ3v) is 1.00. The van der Waals surface area contributed by atoms with Crippen LogP contribution < -0.4 is 0 Å². The van der Waals surface area contributed by atoms with Gasteiger partial charge in [-0.25, -0.2) is 0 Å². The van der Waals surface area contributed by atoms with E-state index in [4.69, 9.17) is 0 Å². The first-order valence-electron chi connectivity index (χ1n) is 2.35. The second-order valence-corrected chi connectivity index (χ2v) is 1.46. The van der Waals surface area contributed by atoms with Crippen molar-refractivity contribution in [1.82, 2.24) is 0 Å². The largest absolute Gasteiger partial charge is 0.255 e. The molecule has 1 heteroatoms. The summed E-state index contributed by atoms with van der Waals surface area (Å²) < 4.78 is 0. The molecule has 0 amide bonds. The second kappa shape index (κ2) is 1.36. The van der Waals surface area contributed by atoms with Crippen molar-refractivity contribution < 1.29 is 0 Å². The van der Waals surface area contributed by atoms with Crippen molar-refractivity contribution in [3.63, 3.8) is 0 Å². The molecule has 0 radical (unpaired) electrons. The summed E-state index contributed by atoms with van der Waals surface area (Å²) in [6, 6.07) is 0. The van der Waals surface area contributed by atoms with Crippen LogP contribution in [0.2, 0.25) is 0 Å². The van der Waals surface area contributed by atoms with Gasteiger partial charge in [-0.15, -0.1) is 0 Å². The van der Waals surface area contributed by atoms with Gasteiger partial charge in [-0.05, 0) is 13.1 Å². The van der Waals surface area contributed by atoms with Gasteiger partial charge < -0.3 is 0 Å². The van der Waals surface area contributed by atoms with Crippen LogP contribution in [0.15, 0.2) is 22.0 Å². The minimum Gasteiger partial charge on any atom is -0.255 e. The predicted octanol–water partition coefficient (Wildman–Crippen LogP) is 1.52. The molecule has 0 aromatic carbocycles. The monoisotopic (exact) mass is 93.1 g/mol. The molecule has 1 nitrogen and oxygen atoms in total. The molecule has 0 N–H and O–H groups in total. The molecule has 1 aliphatic carbocycles. The normalized spacial score (nSPS) is 15.0. The highest BCUT2D eigenvalue weighted by Gasteiger charge is 2.08. The maximum Gasteiger partial charge on any atom is 0.116 e. The Morgan fingerprint density at radius 2 is 2.57 bits per heavy atom. The molecule has 0 spiro atoms. The summed E-state index contributed by atoms with van der Waals surface area (Å²) in [5.41, 5.74) is 5.18. The molecular weight excluding hydrogens is 86.1 g/mol. The van der Waals surface area contributed by atoms with Crippen molar-refractivity contribution in [2.75, 3.05) is 0 Å². The van der Waals surface area contributed by atoms with Crippen LogP contribution >= 0.6 is 0 Å². The predicted molar refractivity (Wildman–Crippen MR) is 30.4 cm³/mol. The lowest BCUT2D eigenvalue weighted by atomic mass is 10.3. The molecule has 7 heavy (non-hydrogen) atoms.